The molecule has 0 spiro atoms. The van der Waals surface area contributed by atoms with Crippen LogP contribution in [0.2, 0.25) is 0 Å². The lowest BCUT2D eigenvalue weighted by molar-refractivity contribution is -0.121. The van der Waals surface area contributed by atoms with Crippen molar-refractivity contribution in [1.29, 1.82) is 0 Å². The van der Waals surface area contributed by atoms with E-state index in [1.807, 2.05) is 24.3 Å². The predicted octanol–water partition coefficient (Wildman–Crippen LogP) is 2.98. The number of carbonyl (C=O) groups excluding carboxylic acids is 2. The van der Waals surface area contributed by atoms with E-state index in [-0.39, 0.29) is 18.1 Å². The first-order valence-corrected chi connectivity index (χ1v) is 7.29. The summed E-state index contributed by atoms with van der Waals surface area (Å²) < 4.78 is 0. The second kappa shape index (κ2) is 7.08. The molecular weight excluding hydrogens is 252 g/mol. The monoisotopic (exact) mass is 274 g/mol. The number of nitrogens with one attached hydrogen (secondary N) is 1. The van der Waals surface area contributed by atoms with Crippen molar-refractivity contribution in [3.8, 4) is 0 Å². The predicted molar refractivity (Wildman–Crippen MR) is 81.1 cm³/mol. The van der Waals surface area contributed by atoms with Crippen LogP contribution in [0.4, 0.5) is 11.4 Å². The fourth-order valence-electron chi connectivity index (χ4n) is 2.42. The van der Waals surface area contributed by atoms with Crippen LogP contribution < -0.4 is 10.2 Å². The number of amides is 1. The summed E-state index contributed by atoms with van der Waals surface area (Å²) in [7, 11) is 0. The van der Waals surface area contributed by atoms with Crippen LogP contribution in [0.25, 0.3) is 0 Å². The molecule has 0 saturated carbocycles. The first-order valence-electron chi connectivity index (χ1n) is 7.29. The lowest BCUT2D eigenvalue weighted by Crippen LogP contribution is -2.29. The minimum Gasteiger partial charge on any atom is -0.372 e. The van der Waals surface area contributed by atoms with E-state index in [0.29, 0.717) is 6.42 Å². The minimum atomic E-state index is -0.106. The van der Waals surface area contributed by atoms with Crippen molar-refractivity contribution in [1.82, 2.24) is 0 Å². The van der Waals surface area contributed by atoms with Gasteiger partial charge in [0.15, 0.2) is 0 Å². The minimum absolute atomic E-state index is 0.0422. The van der Waals surface area contributed by atoms with E-state index < -0.39 is 0 Å². The fourth-order valence-corrected chi connectivity index (χ4v) is 2.42. The molecule has 108 valence electrons. The molecule has 1 fully saturated rings. The summed E-state index contributed by atoms with van der Waals surface area (Å²) in [5, 5.41) is 2.82. The number of hydrogen-bond acceptors (Lipinski definition) is 3. The SMILES string of the molecule is CC(=O)CCC(=O)Nc1ccc(N2CCCCC2)cc1. The lowest BCUT2D eigenvalue weighted by atomic mass is 10.1. The highest BCUT2D eigenvalue weighted by Gasteiger charge is 2.11. The maximum Gasteiger partial charge on any atom is 0.224 e. The van der Waals surface area contributed by atoms with Crippen LogP contribution in [-0.2, 0) is 9.59 Å². The van der Waals surface area contributed by atoms with Crippen molar-refractivity contribution in [2.75, 3.05) is 23.3 Å². The van der Waals surface area contributed by atoms with Crippen LogP contribution in [-0.4, -0.2) is 24.8 Å². The molecule has 0 bridgehead atoms. The molecule has 1 heterocycles. The number of nitrogens with zero attached hydrogens (tertiary/aromatic N) is 1. The number of piperidine rings is 1. The zero-order valence-electron chi connectivity index (χ0n) is 12.0. The van der Waals surface area contributed by atoms with Crippen molar-refractivity contribution in [2.45, 2.75) is 39.0 Å². The molecule has 1 aromatic rings. The Bertz CT molecular complexity index is 462. The van der Waals surface area contributed by atoms with Gasteiger partial charge < -0.3 is 15.0 Å². The molecule has 0 aliphatic carbocycles. The Labute approximate surface area is 120 Å². The summed E-state index contributed by atoms with van der Waals surface area (Å²) in [6, 6.07) is 7.95. The van der Waals surface area contributed by atoms with Crippen molar-refractivity contribution in [2.24, 2.45) is 0 Å². The Balaban J connectivity index is 1.87. The van der Waals surface area contributed by atoms with Gasteiger partial charge in [-0.2, -0.15) is 0 Å². The Morgan fingerprint density at radius 1 is 1.05 bits per heavy atom. The zero-order chi connectivity index (χ0) is 14.4. The average Bonchev–Trinajstić information content (AvgIpc) is 2.47. The topological polar surface area (TPSA) is 49.4 Å². The molecule has 1 aromatic carbocycles. The zero-order valence-corrected chi connectivity index (χ0v) is 12.0. The Morgan fingerprint density at radius 2 is 1.70 bits per heavy atom. The number of rotatable bonds is 5. The van der Waals surface area contributed by atoms with E-state index in [9.17, 15) is 9.59 Å². The van der Waals surface area contributed by atoms with Gasteiger partial charge in [0, 0.05) is 37.3 Å². The van der Waals surface area contributed by atoms with E-state index >= 15 is 0 Å². The van der Waals surface area contributed by atoms with Gasteiger partial charge in [-0.1, -0.05) is 0 Å². The number of ketones is 1. The average molecular weight is 274 g/mol. The maximum atomic E-state index is 11.6. The van der Waals surface area contributed by atoms with Crippen LogP contribution in [0.15, 0.2) is 24.3 Å². The van der Waals surface area contributed by atoms with Crippen molar-refractivity contribution >= 4 is 23.1 Å². The van der Waals surface area contributed by atoms with E-state index in [0.717, 1.165) is 18.8 Å². The molecule has 1 amide bonds. The van der Waals surface area contributed by atoms with Gasteiger partial charge in [0.2, 0.25) is 5.91 Å². The second-order valence-corrected chi connectivity index (χ2v) is 5.34. The molecule has 0 atom stereocenters. The van der Waals surface area contributed by atoms with Gasteiger partial charge in [0.25, 0.3) is 0 Å². The van der Waals surface area contributed by atoms with E-state index in [1.165, 1.54) is 31.9 Å². The highest BCUT2D eigenvalue weighted by atomic mass is 16.2. The van der Waals surface area contributed by atoms with Gasteiger partial charge in [0.1, 0.15) is 5.78 Å². The summed E-state index contributed by atoms with van der Waals surface area (Å²) in [5.74, 6) is -0.0634. The third kappa shape index (κ3) is 4.37. The van der Waals surface area contributed by atoms with Gasteiger partial charge in [-0.25, -0.2) is 0 Å². The molecule has 1 aliphatic rings. The summed E-state index contributed by atoms with van der Waals surface area (Å²) in [6.45, 7) is 3.73. The van der Waals surface area contributed by atoms with Gasteiger partial charge in [-0.3, -0.25) is 4.79 Å². The molecule has 1 aliphatic heterocycles. The molecule has 2 rings (SSSR count). The number of carbonyl (C=O) groups is 2. The summed E-state index contributed by atoms with van der Waals surface area (Å²) in [6.07, 6.45) is 4.38. The molecule has 1 saturated heterocycles. The molecule has 0 aromatic heterocycles. The Hall–Kier alpha value is -1.84. The van der Waals surface area contributed by atoms with Crippen molar-refractivity contribution < 1.29 is 9.59 Å². The van der Waals surface area contributed by atoms with E-state index in [2.05, 4.69) is 10.2 Å². The highest BCUT2D eigenvalue weighted by Crippen LogP contribution is 2.21. The standard InChI is InChI=1S/C16H22N2O2/c1-13(19)5-10-16(20)17-14-6-8-15(9-7-14)18-11-3-2-4-12-18/h6-9H,2-5,10-12H2,1H3,(H,17,20). The number of anilines is 2. The van der Waals surface area contributed by atoms with Crippen LogP contribution in [0.3, 0.4) is 0 Å². The first-order chi connectivity index (χ1) is 9.65. The van der Waals surface area contributed by atoms with Crippen LogP contribution in [0.5, 0.6) is 0 Å². The summed E-state index contributed by atoms with van der Waals surface area (Å²) >= 11 is 0. The molecule has 1 N–H and O–H groups in total. The molecule has 4 nitrogen and oxygen atoms in total. The Kier molecular flexibility index (Phi) is 5.16. The van der Waals surface area contributed by atoms with Crippen molar-refractivity contribution in [3.63, 3.8) is 0 Å². The van der Waals surface area contributed by atoms with Crippen LogP contribution in [0.1, 0.15) is 39.0 Å². The normalized spacial score (nSPS) is 14.9. The third-order valence-corrected chi connectivity index (χ3v) is 3.58. The van der Waals surface area contributed by atoms with Gasteiger partial charge >= 0.3 is 0 Å². The maximum absolute atomic E-state index is 11.6. The molecule has 0 unspecified atom stereocenters. The van der Waals surface area contributed by atoms with E-state index in [1.54, 1.807) is 0 Å². The number of Topliss-reactive ketones (excluding diaryl/α,β-unsaturated/α-hetero) is 1. The fraction of sp³-hybridized carbons (Fsp3) is 0.500. The van der Waals surface area contributed by atoms with Crippen LogP contribution >= 0.6 is 0 Å². The van der Waals surface area contributed by atoms with E-state index in [4.69, 9.17) is 0 Å². The smallest absolute Gasteiger partial charge is 0.224 e. The summed E-state index contributed by atoms with van der Waals surface area (Å²) in [5.41, 5.74) is 2.01. The van der Waals surface area contributed by atoms with Gasteiger partial charge in [0.05, 0.1) is 0 Å². The lowest BCUT2D eigenvalue weighted by Gasteiger charge is -2.28. The number of benzene rings is 1. The second-order valence-electron chi connectivity index (χ2n) is 5.34. The first kappa shape index (κ1) is 14.6. The number of hydrogen-bond donors (Lipinski definition) is 1. The van der Waals surface area contributed by atoms with Gasteiger partial charge in [-0.15, -0.1) is 0 Å². The van der Waals surface area contributed by atoms with Crippen molar-refractivity contribution in [3.05, 3.63) is 24.3 Å². The largest absolute Gasteiger partial charge is 0.372 e. The Morgan fingerprint density at radius 3 is 2.30 bits per heavy atom. The third-order valence-electron chi connectivity index (χ3n) is 3.58. The molecule has 20 heavy (non-hydrogen) atoms. The quantitative estimate of drug-likeness (QED) is 0.898. The highest BCUT2D eigenvalue weighted by molar-refractivity contribution is 5.93. The molecule has 0 radical (unpaired) electrons. The molecule has 4 heteroatoms. The summed E-state index contributed by atoms with van der Waals surface area (Å²) in [4.78, 5) is 24.8. The van der Waals surface area contributed by atoms with Gasteiger partial charge in [-0.05, 0) is 50.5 Å². The van der Waals surface area contributed by atoms with Crippen LogP contribution in [0, 0.1) is 0 Å². The molecular formula is C16H22N2O2.